The lowest BCUT2D eigenvalue weighted by Crippen LogP contribution is -1.89. The molecule has 2 aromatic carbocycles. The van der Waals surface area contributed by atoms with Gasteiger partial charge in [0.2, 0.25) is 0 Å². The molecule has 0 fully saturated rings. The number of anilines is 1. The Morgan fingerprint density at radius 2 is 2.05 bits per heavy atom. The maximum atomic E-state index is 8.96. The molecule has 0 aliphatic carbocycles. The molecule has 0 saturated carbocycles. The van der Waals surface area contributed by atoms with Gasteiger partial charge in [-0.2, -0.15) is 5.26 Å². The number of hydrogen-bond acceptors (Lipinski definition) is 4. The molecule has 0 aliphatic rings. The zero-order valence-electron chi connectivity index (χ0n) is 9.92. The maximum Gasteiger partial charge on any atom is 0.171 e. The normalized spacial score (nSPS) is 10.5. The standard InChI is InChI=1S/C14H10N4S/c15-8-9-7-10(5-6-11(9)16)19-14-17-12-3-1-2-4-13(12)18-14/h1-7H,16H2,(H,17,18). The summed E-state index contributed by atoms with van der Waals surface area (Å²) in [7, 11) is 0. The van der Waals surface area contributed by atoms with Gasteiger partial charge in [0.25, 0.3) is 0 Å². The molecule has 5 heteroatoms. The highest BCUT2D eigenvalue weighted by Gasteiger charge is 2.06. The van der Waals surface area contributed by atoms with Gasteiger partial charge in [0, 0.05) is 10.6 Å². The van der Waals surface area contributed by atoms with Crippen molar-refractivity contribution in [3.63, 3.8) is 0 Å². The van der Waals surface area contributed by atoms with Crippen LogP contribution < -0.4 is 5.73 Å². The third kappa shape index (κ3) is 2.26. The molecule has 0 radical (unpaired) electrons. The highest BCUT2D eigenvalue weighted by atomic mass is 32.2. The van der Waals surface area contributed by atoms with Gasteiger partial charge in [0.15, 0.2) is 5.16 Å². The van der Waals surface area contributed by atoms with Crippen molar-refractivity contribution in [1.82, 2.24) is 9.97 Å². The van der Waals surface area contributed by atoms with Crippen LogP contribution in [0, 0.1) is 11.3 Å². The predicted octanol–water partition coefficient (Wildman–Crippen LogP) is 3.17. The molecule has 3 rings (SSSR count). The van der Waals surface area contributed by atoms with E-state index in [1.807, 2.05) is 30.3 Å². The minimum Gasteiger partial charge on any atom is -0.398 e. The number of aromatic amines is 1. The summed E-state index contributed by atoms with van der Waals surface area (Å²) < 4.78 is 0. The average molecular weight is 266 g/mol. The molecule has 4 nitrogen and oxygen atoms in total. The Hall–Kier alpha value is -2.45. The Balaban J connectivity index is 1.94. The monoisotopic (exact) mass is 266 g/mol. The van der Waals surface area contributed by atoms with Crippen molar-refractivity contribution in [3.05, 3.63) is 48.0 Å². The van der Waals surface area contributed by atoms with E-state index in [1.54, 1.807) is 12.1 Å². The average Bonchev–Trinajstić information content (AvgIpc) is 2.83. The van der Waals surface area contributed by atoms with E-state index in [0.717, 1.165) is 21.1 Å². The minimum absolute atomic E-state index is 0.487. The Bertz CT molecular complexity index is 752. The number of benzene rings is 2. The number of nitrogens with two attached hydrogens (primary N) is 1. The molecule has 1 heterocycles. The lowest BCUT2D eigenvalue weighted by atomic mass is 10.2. The zero-order valence-corrected chi connectivity index (χ0v) is 10.7. The molecule has 0 unspecified atom stereocenters. The number of rotatable bonds is 2. The van der Waals surface area contributed by atoms with Crippen molar-refractivity contribution < 1.29 is 0 Å². The number of H-pyrrole nitrogens is 1. The summed E-state index contributed by atoms with van der Waals surface area (Å²) in [5, 5.41) is 9.76. The van der Waals surface area contributed by atoms with Gasteiger partial charge in [-0.1, -0.05) is 23.9 Å². The molecule has 1 aromatic heterocycles. The van der Waals surface area contributed by atoms with Crippen molar-refractivity contribution in [2.45, 2.75) is 10.1 Å². The highest BCUT2D eigenvalue weighted by molar-refractivity contribution is 7.99. The largest absolute Gasteiger partial charge is 0.398 e. The van der Waals surface area contributed by atoms with E-state index in [0.29, 0.717) is 11.3 Å². The minimum atomic E-state index is 0.487. The molecule has 92 valence electrons. The molecule has 0 spiro atoms. The van der Waals surface area contributed by atoms with Crippen LogP contribution in [0.3, 0.4) is 0 Å². The second-order valence-electron chi connectivity index (χ2n) is 4.02. The fraction of sp³-hybridized carbons (Fsp3) is 0. The number of imidazole rings is 1. The van der Waals surface area contributed by atoms with Gasteiger partial charge >= 0.3 is 0 Å². The van der Waals surface area contributed by atoms with Crippen molar-refractivity contribution in [2.75, 3.05) is 5.73 Å². The van der Waals surface area contributed by atoms with Crippen LogP contribution in [0.4, 0.5) is 5.69 Å². The second-order valence-corrected chi connectivity index (χ2v) is 5.08. The molecule has 3 N–H and O–H groups in total. The maximum absolute atomic E-state index is 8.96. The van der Waals surface area contributed by atoms with E-state index in [1.165, 1.54) is 11.8 Å². The SMILES string of the molecule is N#Cc1cc(Sc2nc3ccccc3[nH]2)ccc1N. The van der Waals surface area contributed by atoms with Crippen LogP contribution in [-0.2, 0) is 0 Å². The highest BCUT2D eigenvalue weighted by Crippen LogP contribution is 2.29. The van der Waals surface area contributed by atoms with Crippen LogP contribution in [0.1, 0.15) is 5.56 Å². The fourth-order valence-corrected chi connectivity index (χ4v) is 2.63. The Morgan fingerprint density at radius 3 is 2.84 bits per heavy atom. The Morgan fingerprint density at radius 1 is 1.21 bits per heavy atom. The molecule has 3 aromatic rings. The summed E-state index contributed by atoms with van der Waals surface area (Å²) in [4.78, 5) is 8.65. The molecule has 0 atom stereocenters. The first-order valence-corrected chi connectivity index (χ1v) is 6.50. The summed E-state index contributed by atoms with van der Waals surface area (Å²) >= 11 is 1.48. The summed E-state index contributed by atoms with van der Waals surface area (Å²) in [6.45, 7) is 0. The van der Waals surface area contributed by atoms with Crippen molar-refractivity contribution >= 4 is 28.5 Å². The van der Waals surface area contributed by atoms with E-state index >= 15 is 0 Å². The fourth-order valence-electron chi connectivity index (χ4n) is 1.79. The number of nitriles is 1. The van der Waals surface area contributed by atoms with Crippen LogP contribution in [0.25, 0.3) is 11.0 Å². The van der Waals surface area contributed by atoms with Crippen molar-refractivity contribution in [1.29, 1.82) is 5.26 Å². The molecule has 0 bridgehead atoms. The van der Waals surface area contributed by atoms with Crippen LogP contribution in [-0.4, -0.2) is 9.97 Å². The summed E-state index contributed by atoms with van der Waals surface area (Å²) in [5.41, 5.74) is 8.62. The van der Waals surface area contributed by atoms with Crippen LogP contribution >= 0.6 is 11.8 Å². The summed E-state index contributed by atoms with van der Waals surface area (Å²) in [5.74, 6) is 0. The summed E-state index contributed by atoms with van der Waals surface area (Å²) in [6.07, 6.45) is 0. The number of nitrogens with one attached hydrogen (secondary N) is 1. The van der Waals surface area contributed by atoms with Crippen molar-refractivity contribution in [2.24, 2.45) is 0 Å². The first-order valence-electron chi connectivity index (χ1n) is 5.68. The molecular weight excluding hydrogens is 256 g/mol. The van der Waals surface area contributed by atoms with E-state index < -0.39 is 0 Å². The third-order valence-corrected chi connectivity index (χ3v) is 3.60. The Labute approximate surface area is 114 Å². The number of fused-ring (bicyclic) bond motifs is 1. The zero-order chi connectivity index (χ0) is 13.2. The third-order valence-electron chi connectivity index (χ3n) is 2.73. The van der Waals surface area contributed by atoms with Gasteiger partial charge in [0.05, 0.1) is 16.6 Å². The van der Waals surface area contributed by atoms with Gasteiger partial charge in [-0.25, -0.2) is 4.98 Å². The predicted molar refractivity (Wildman–Crippen MR) is 75.8 cm³/mol. The van der Waals surface area contributed by atoms with Gasteiger partial charge in [-0.15, -0.1) is 0 Å². The van der Waals surface area contributed by atoms with Gasteiger partial charge in [-0.05, 0) is 30.3 Å². The van der Waals surface area contributed by atoms with E-state index in [-0.39, 0.29) is 0 Å². The number of aromatic nitrogens is 2. The summed E-state index contributed by atoms with van der Waals surface area (Å²) in [6, 6.07) is 15.3. The van der Waals surface area contributed by atoms with E-state index in [4.69, 9.17) is 11.0 Å². The van der Waals surface area contributed by atoms with Crippen LogP contribution in [0.5, 0.6) is 0 Å². The van der Waals surface area contributed by atoms with Crippen LogP contribution in [0.15, 0.2) is 52.5 Å². The number of nitrogens with zero attached hydrogens (tertiary/aromatic N) is 2. The van der Waals surface area contributed by atoms with Crippen molar-refractivity contribution in [3.8, 4) is 6.07 Å². The van der Waals surface area contributed by atoms with E-state index in [2.05, 4.69) is 16.0 Å². The lowest BCUT2D eigenvalue weighted by molar-refractivity contribution is 1.08. The Kier molecular flexibility index (Phi) is 2.86. The quantitative estimate of drug-likeness (QED) is 0.698. The topological polar surface area (TPSA) is 78.5 Å². The number of hydrogen-bond donors (Lipinski definition) is 2. The first-order chi connectivity index (χ1) is 9.26. The number of para-hydroxylation sites is 2. The first kappa shape index (κ1) is 11.6. The lowest BCUT2D eigenvalue weighted by Gasteiger charge is -2.01. The van der Waals surface area contributed by atoms with Gasteiger partial charge < -0.3 is 10.7 Å². The molecular formula is C14H10N4S. The van der Waals surface area contributed by atoms with Crippen LogP contribution in [0.2, 0.25) is 0 Å². The van der Waals surface area contributed by atoms with Gasteiger partial charge in [0.1, 0.15) is 6.07 Å². The van der Waals surface area contributed by atoms with Gasteiger partial charge in [-0.3, -0.25) is 0 Å². The molecule has 19 heavy (non-hydrogen) atoms. The second kappa shape index (κ2) is 4.67. The molecule has 0 amide bonds. The molecule has 0 aliphatic heterocycles. The van der Waals surface area contributed by atoms with E-state index in [9.17, 15) is 0 Å². The molecule has 0 saturated heterocycles. The smallest absolute Gasteiger partial charge is 0.171 e. The number of nitrogen functional groups attached to an aromatic ring is 1.